The van der Waals surface area contributed by atoms with Crippen molar-refractivity contribution in [3.63, 3.8) is 0 Å². The Labute approximate surface area is 123 Å². The maximum absolute atomic E-state index is 13.4. The molecule has 0 spiro atoms. The van der Waals surface area contributed by atoms with Crippen molar-refractivity contribution >= 4 is 5.91 Å². The van der Waals surface area contributed by atoms with Crippen LogP contribution in [-0.4, -0.2) is 36.4 Å². The molecule has 2 N–H and O–H groups in total. The third kappa shape index (κ3) is 4.03. The molecule has 1 amide bonds. The van der Waals surface area contributed by atoms with E-state index in [1.807, 2.05) is 6.92 Å². The molecular formula is C16H18FNO3. The van der Waals surface area contributed by atoms with Crippen molar-refractivity contribution in [1.82, 2.24) is 5.32 Å². The number of amides is 1. The summed E-state index contributed by atoms with van der Waals surface area (Å²) in [6.07, 6.45) is 1.68. The second-order valence-electron chi connectivity index (χ2n) is 5.32. The summed E-state index contributed by atoms with van der Waals surface area (Å²) in [5.41, 5.74) is 0.106. The van der Waals surface area contributed by atoms with Crippen molar-refractivity contribution in [3.05, 3.63) is 35.1 Å². The highest BCUT2D eigenvalue weighted by atomic mass is 19.1. The normalized spacial score (nSPS) is 21.3. The fraction of sp³-hybridized carbons (Fsp3) is 0.438. The number of carbonyl (C=O) groups is 1. The van der Waals surface area contributed by atoms with E-state index in [4.69, 9.17) is 9.84 Å². The van der Waals surface area contributed by atoms with Crippen molar-refractivity contribution in [3.8, 4) is 11.8 Å². The van der Waals surface area contributed by atoms with Crippen LogP contribution in [0.2, 0.25) is 0 Å². The minimum absolute atomic E-state index is 0.169. The number of nitrogens with one attached hydrogen (secondary N) is 1. The molecule has 0 aromatic heterocycles. The smallest absolute Gasteiger partial charge is 0.253 e. The van der Waals surface area contributed by atoms with E-state index in [1.54, 1.807) is 0 Å². The van der Waals surface area contributed by atoms with E-state index < -0.39 is 11.4 Å². The summed E-state index contributed by atoms with van der Waals surface area (Å²) >= 11 is 0. The van der Waals surface area contributed by atoms with Gasteiger partial charge in [0.2, 0.25) is 0 Å². The Kier molecular flexibility index (Phi) is 4.94. The molecule has 1 aromatic carbocycles. The van der Waals surface area contributed by atoms with Gasteiger partial charge in [0.1, 0.15) is 12.4 Å². The highest BCUT2D eigenvalue weighted by Gasteiger charge is 2.30. The number of rotatable bonds is 2. The van der Waals surface area contributed by atoms with E-state index >= 15 is 0 Å². The second kappa shape index (κ2) is 6.70. The maximum Gasteiger partial charge on any atom is 0.253 e. The molecule has 0 radical (unpaired) electrons. The van der Waals surface area contributed by atoms with Crippen LogP contribution in [-0.2, 0) is 4.74 Å². The Balaban J connectivity index is 2.23. The van der Waals surface area contributed by atoms with Gasteiger partial charge in [0.05, 0.1) is 17.7 Å². The Morgan fingerprint density at radius 1 is 1.57 bits per heavy atom. The van der Waals surface area contributed by atoms with Crippen molar-refractivity contribution < 1.29 is 19.0 Å². The fourth-order valence-corrected chi connectivity index (χ4v) is 2.32. The monoisotopic (exact) mass is 291 g/mol. The molecule has 1 aromatic rings. The van der Waals surface area contributed by atoms with Gasteiger partial charge in [-0.2, -0.15) is 0 Å². The topological polar surface area (TPSA) is 58.6 Å². The molecule has 0 aliphatic carbocycles. The van der Waals surface area contributed by atoms with E-state index in [2.05, 4.69) is 17.2 Å². The van der Waals surface area contributed by atoms with Gasteiger partial charge in [-0.25, -0.2) is 4.39 Å². The third-order valence-electron chi connectivity index (χ3n) is 3.38. The Morgan fingerprint density at radius 2 is 2.38 bits per heavy atom. The SMILES string of the molecule is CC1(NC(=O)c2cc(F)ccc2C#CCO)CCCOC1. The van der Waals surface area contributed by atoms with Crippen LogP contribution >= 0.6 is 0 Å². The zero-order valence-electron chi connectivity index (χ0n) is 11.9. The Hall–Kier alpha value is -1.90. The molecular weight excluding hydrogens is 273 g/mol. The van der Waals surface area contributed by atoms with Crippen LogP contribution in [0, 0.1) is 17.7 Å². The van der Waals surface area contributed by atoms with Gasteiger partial charge in [-0.1, -0.05) is 11.8 Å². The van der Waals surface area contributed by atoms with E-state index in [1.165, 1.54) is 12.1 Å². The molecule has 1 saturated heterocycles. The Morgan fingerprint density at radius 3 is 3.05 bits per heavy atom. The zero-order chi connectivity index (χ0) is 15.3. The van der Waals surface area contributed by atoms with Crippen molar-refractivity contribution in [2.45, 2.75) is 25.3 Å². The number of benzene rings is 1. The average molecular weight is 291 g/mol. The standard InChI is InChI=1S/C16H18FNO3/c1-16(7-3-9-21-11-16)18-15(20)14-10-13(17)6-5-12(14)4-2-8-19/h5-6,10,19H,3,7-9,11H2,1H3,(H,18,20). The number of aliphatic hydroxyl groups excluding tert-OH is 1. The molecule has 4 nitrogen and oxygen atoms in total. The number of carbonyl (C=O) groups excluding carboxylic acids is 1. The van der Waals surface area contributed by atoms with Crippen LogP contribution in [0.4, 0.5) is 4.39 Å². The highest BCUT2D eigenvalue weighted by Crippen LogP contribution is 2.20. The third-order valence-corrected chi connectivity index (χ3v) is 3.38. The predicted octanol–water partition coefficient (Wildman–Crippen LogP) is 1.47. The summed E-state index contributed by atoms with van der Waals surface area (Å²) in [4.78, 5) is 12.4. The second-order valence-corrected chi connectivity index (χ2v) is 5.32. The number of halogens is 1. The number of hydrogen-bond acceptors (Lipinski definition) is 3. The van der Waals surface area contributed by atoms with Gasteiger partial charge in [-0.15, -0.1) is 0 Å². The highest BCUT2D eigenvalue weighted by molar-refractivity contribution is 5.97. The van der Waals surface area contributed by atoms with Gasteiger partial charge in [-0.3, -0.25) is 4.79 Å². The van der Waals surface area contributed by atoms with Crippen LogP contribution < -0.4 is 5.32 Å². The van der Waals surface area contributed by atoms with Crippen LogP contribution in [0.25, 0.3) is 0 Å². The molecule has 1 fully saturated rings. The van der Waals surface area contributed by atoms with Crippen LogP contribution in [0.1, 0.15) is 35.7 Å². The molecule has 1 heterocycles. The molecule has 1 unspecified atom stereocenters. The minimum Gasteiger partial charge on any atom is -0.384 e. The van der Waals surface area contributed by atoms with Gasteiger partial charge >= 0.3 is 0 Å². The van der Waals surface area contributed by atoms with Crippen molar-refractivity contribution in [2.75, 3.05) is 19.8 Å². The van der Waals surface area contributed by atoms with E-state index in [0.717, 1.165) is 18.9 Å². The molecule has 21 heavy (non-hydrogen) atoms. The first-order valence-corrected chi connectivity index (χ1v) is 6.84. The summed E-state index contributed by atoms with van der Waals surface area (Å²) in [5.74, 6) is 4.25. The molecule has 0 bridgehead atoms. The maximum atomic E-state index is 13.4. The number of ether oxygens (including phenoxy) is 1. The average Bonchev–Trinajstić information content (AvgIpc) is 2.46. The first kappa shape index (κ1) is 15.5. The first-order valence-electron chi connectivity index (χ1n) is 6.84. The zero-order valence-corrected chi connectivity index (χ0v) is 11.9. The van der Waals surface area contributed by atoms with Gasteiger partial charge in [-0.05, 0) is 38.0 Å². The largest absolute Gasteiger partial charge is 0.384 e. The molecule has 112 valence electrons. The van der Waals surface area contributed by atoms with Crippen molar-refractivity contribution in [1.29, 1.82) is 0 Å². The van der Waals surface area contributed by atoms with Crippen LogP contribution in [0.5, 0.6) is 0 Å². The molecule has 1 aliphatic heterocycles. The lowest BCUT2D eigenvalue weighted by atomic mass is 9.94. The van der Waals surface area contributed by atoms with E-state index in [9.17, 15) is 9.18 Å². The summed E-state index contributed by atoms with van der Waals surface area (Å²) in [6.45, 7) is 2.72. The molecule has 2 rings (SSSR count). The van der Waals surface area contributed by atoms with E-state index in [0.29, 0.717) is 18.8 Å². The summed E-state index contributed by atoms with van der Waals surface area (Å²) in [6, 6.07) is 3.83. The summed E-state index contributed by atoms with van der Waals surface area (Å²) in [7, 11) is 0. The lowest BCUT2D eigenvalue weighted by Gasteiger charge is -2.34. The summed E-state index contributed by atoms with van der Waals surface area (Å²) < 4.78 is 18.8. The van der Waals surface area contributed by atoms with Gasteiger partial charge in [0, 0.05) is 12.2 Å². The number of aliphatic hydroxyl groups is 1. The summed E-state index contributed by atoms with van der Waals surface area (Å²) in [5, 5.41) is 11.6. The lowest BCUT2D eigenvalue weighted by Crippen LogP contribution is -2.51. The Bertz CT molecular complexity index is 583. The van der Waals surface area contributed by atoms with Crippen LogP contribution in [0.3, 0.4) is 0 Å². The predicted molar refractivity (Wildman–Crippen MR) is 76.3 cm³/mol. The van der Waals surface area contributed by atoms with Crippen LogP contribution in [0.15, 0.2) is 18.2 Å². The van der Waals surface area contributed by atoms with Gasteiger partial charge in [0.25, 0.3) is 5.91 Å². The van der Waals surface area contributed by atoms with Gasteiger partial charge < -0.3 is 15.2 Å². The first-order chi connectivity index (χ1) is 10.0. The number of hydrogen-bond donors (Lipinski definition) is 2. The lowest BCUT2D eigenvalue weighted by molar-refractivity contribution is 0.0272. The minimum atomic E-state index is -0.500. The van der Waals surface area contributed by atoms with E-state index in [-0.39, 0.29) is 18.1 Å². The molecule has 5 heteroatoms. The van der Waals surface area contributed by atoms with Gasteiger partial charge in [0.15, 0.2) is 0 Å². The fourth-order valence-electron chi connectivity index (χ4n) is 2.32. The quantitative estimate of drug-likeness (QED) is 0.811. The molecule has 1 atom stereocenters. The molecule has 0 saturated carbocycles. The van der Waals surface area contributed by atoms with Crippen molar-refractivity contribution in [2.24, 2.45) is 0 Å². The molecule has 1 aliphatic rings.